The second kappa shape index (κ2) is 8.22. The van der Waals surface area contributed by atoms with Gasteiger partial charge >= 0.3 is 0 Å². The minimum absolute atomic E-state index is 0.0112. The molecule has 0 aliphatic heterocycles. The molecule has 0 fully saturated rings. The fraction of sp³-hybridized carbons (Fsp3) is 0.538. The van der Waals surface area contributed by atoms with E-state index in [4.69, 9.17) is 5.73 Å². The first kappa shape index (κ1) is 15.0. The number of nitrogens with two attached hydrogens (primary N) is 1. The van der Waals surface area contributed by atoms with Crippen LogP contribution in [0.3, 0.4) is 0 Å². The van der Waals surface area contributed by atoms with E-state index in [0.717, 1.165) is 12.8 Å². The zero-order chi connectivity index (χ0) is 12.6. The number of halogens is 2. The molecule has 2 unspecified atom stereocenters. The van der Waals surface area contributed by atoms with Gasteiger partial charge in [-0.3, -0.25) is 0 Å². The van der Waals surface area contributed by atoms with E-state index in [1.54, 1.807) is 12.2 Å². The Bertz CT molecular complexity index is 267. The number of rotatable bonds is 7. The van der Waals surface area contributed by atoms with Crippen LogP contribution in [0.1, 0.15) is 33.1 Å². The van der Waals surface area contributed by atoms with Crippen LogP contribution >= 0.6 is 0 Å². The second-order valence-corrected chi connectivity index (χ2v) is 4.10. The van der Waals surface area contributed by atoms with Gasteiger partial charge in [-0.15, -0.1) is 6.58 Å². The summed E-state index contributed by atoms with van der Waals surface area (Å²) in [6.45, 7) is 7.33. The highest BCUT2D eigenvalue weighted by molar-refractivity contribution is 5.26. The summed E-state index contributed by atoms with van der Waals surface area (Å²) in [5, 5.41) is 0. The molecule has 0 rings (SSSR count). The Morgan fingerprint density at radius 2 is 2.00 bits per heavy atom. The molecule has 0 aliphatic carbocycles. The molecule has 0 aromatic heterocycles. The smallest absolute Gasteiger partial charge is 0.154 e. The Balaban J connectivity index is 4.56. The molecule has 3 heteroatoms. The summed E-state index contributed by atoms with van der Waals surface area (Å²) < 4.78 is 25.4. The fourth-order valence-corrected chi connectivity index (χ4v) is 1.48. The van der Waals surface area contributed by atoms with Crippen LogP contribution in [-0.2, 0) is 0 Å². The van der Waals surface area contributed by atoms with E-state index in [2.05, 4.69) is 6.58 Å². The molecule has 2 atom stereocenters. The van der Waals surface area contributed by atoms with Crippen LogP contribution in [0.4, 0.5) is 8.78 Å². The van der Waals surface area contributed by atoms with Crippen molar-refractivity contribution >= 4 is 0 Å². The molecule has 0 radical (unpaired) electrons. The van der Waals surface area contributed by atoms with Gasteiger partial charge in [-0.2, -0.15) is 0 Å². The summed E-state index contributed by atoms with van der Waals surface area (Å²) in [6.07, 6.45) is 5.43. The van der Waals surface area contributed by atoms with Gasteiger partial charge in [0.25, 0.3) is 0 Å². The fourth-order valence-electron chi connectivity index (χ4n) is 1.48. The molecule has 16 heavy (non-hydrogen) atoms. The van der Waals surface area contributed by atoms with Crippen LogP contribution in [0.15, 0.2) is 36.5 Å². The number of hydrogen-bond donors (Lipinski definition) is 1. The van der Waals surface area contributed by atoms with Gasteiger partial charge in [0, 0.05) is 6.04 Å². The summed E-state index contributed by atoms with van der Waals surface area (Å²) in [4.78, 5) is 0. The van der Waals surface area contributed by atoms with Gasteiger partial charge in [0.1, 0.15) is 6.33 Å². The maximum Gasteiger partial charge on any atom is 0.154 e. The average Bonchev–Trinajstić information content (AvgIpc) is 2.26. The van der Waals surface area contributed by atoms with Crippen molar-refractivity contribution in [3.05, 3.63) is 36.5 Å². The Morgan fingerprint density at radius 1 is 1.38 bits per heavy atom. The molecule has 0 saturated heterocycles. The maximum atomic E-state index is 13.2. The second-order valence-electron chi connectivity index (χ2n) is 4.10. The van der Waals surface area contributed by atoms with Crippen molar-refractivity contribution in [2.75, 3.05) is 0 Å². The highest BCUT2D eigenvalue weighted by Crippen LogP contribution is 2.26. The van der Waals surface area contributed by atoms with Crippen LogP contribution in [0.5, 0.6) is 0 Å². The molecular formula is C13H21F2N. The van der Waals surface area contributed by atoms with Crippen molar-refractivity contribution in [2.45, 2.75) is 39.2 Å². The highest BCUT2D eigenvalue weighted by atomic mass is 19.2. The zero-order valence-corrected chi connectivity index (χ0v) is 10.0. The summed E-state index contributed by atoms with van der Waals surface area (Å²) in [7, 11) is 0. The van der Waals surface area contributed by atoms with Gasteiger partial charge in [0.15, 0.2) is 5.83 Å². The van der Waals surface area contributed by atoms with E-state index in [0.29, 0.717) is 12.0 Å². The predicted molar refractivity (Wildman–Crippen MR) is 65.2 cm³/mol. The van der Waals surface area contributed by atoms with Gasteiger partial charge in [0.05, 0.1) is 0 Å². The molecule has 0 amide bonds. The first-order valence-electron chi connectivity index (χ1n) is 5.55. The molecule has 2 N–H and O–H groups in total. The van der Waals surface area contributed by atoms with Crippen molar-refractivity contribution < 1.29 is 8.78 Å². The molecule has 92 valence electrons. The topological polar surface area (TPSA) is 26.0 Å². The van der Waals surface area contributed by atoms with E-state index in [9.17, 15) is 8.78 Å². The van der Waals surface area contributed by atoms with E-state index in [1.807, 2.05) is 13.8 Å². The highest BCUT2D eigenvalue weighted by Gasteiger charge is 2.13. The van der Waals surface area contributed by atoms with E-state index >= 15 is 0 Å². The minimum atomic E-state index is -0.793. The maximum absolute atomic E-state index is 13.2. The number of allylic oxidation sites excluding steroid dienone is 4. The summed E-state index contributed by atoms with van der Waals surface area (Å²) >= 11 is 0. The Labute approximate surface area is 96.7 Å². The molecule has 0 heterocycles. The van der Waals surface area contributed by atoms with Crippen molar-refractivity contribution in [2.24, 2.45) is 11.7 Å². The van der Waals surface area contributed by atoms with Crippen LogP contribution < -0.4 is 5.73 Å². The quantitative estimate of drug-likeness (QED) is 0.517. The van der Waals surface area contributed by atoms with Crippen LogP contribution in [0, 0.1) is 5.92 Å². The van der Waals surface area contributed by atoms with Crippen LogP contribution in [0.2, 0.25) is 0 Å². The molecule has 0 aromatic carbocycles. The largest absolute Gasteiger partial charge is 0.328 e. The van der Waals surface area contributed by atoms with E-state index < -0.39 is 5.83 Å². The molecule has 0 aromatic rings. The molecule has 0 aliphatic rings. The Hall–Kier alpha value is -0.960. The zero-order valence-electron chi connectivity index (χ0n) is 10.0. The molecule has 0 bridgehead atoms. The third-order valence-electron chi connectivity index (χ3n) is 2.46. The molecule has 0 spiro atoms. The average molecular weight is 229 g/mol. The van der Waals surface area contributed by atoms with Gasteiger partial charge < -0.3 is 5.73 Å². The molecule has 1 nitrogen and oxygen atoms in total. The van der Waals surface area contributed by atoms with Gasteiger partial charge in [0.2, 0.25) is 0 Å². The monoisotopic (exact) mass is 229 g/mol. The lowest BCUT2D eigenvalue weighted by atomic mass is 9.93. The normalized spacial score (nSPS) is 17.1. The van der Waals surface area contributed by atoms with Gasteiger partial charge in [-0.1, -0.05) is 19.1 Å². The van der Waals surface area contributed by atoms with Crippen LogP contribution in [-0.4, -0.2) is 6.04 Å². The Morgan fingerprint density at radius 3 is 2.44 bits per heavy atom. The van der Waals surface area contributed by atoms with E-state index in [1.165, 1.54) is 0 Å². The van der Waals surface area contributed by atoms with Gasteiger partial charge in [-0.25, -0.2) is 8.78 Å². The summed E-state index contributed by atoms with van der Waals surface area (Å²) in [6, 6.07) is 0.0838. The molecular weight excluding hydrogens is 208 g/mol. The Kier molecular flexibility index (Phi) is 7.73. The number of hydrogen-bond acceptors (Lipinski definition) is 1. The van der Waals surface area contributed by atoms with Crippen molar-refractivity contribution in [1.82, 2.24) is 0 Å². The van der Waals surface area contributed by atoms with E-state index in [-0.39, 0.29) is 18.3 Å². The third kappa shape index (κ3) is 5.81. The van der Waals surface area contributed by atoms with Crippen molar-refractivity contribution in [1.29, 1.82) is 0 Å². The third-order valence-corrected chi connectivity index (χ3v) is 2.46. The van der Waals surface area contributed by atoms with Gasteiger partial charge in [-0.05, 0) is 37.7 Å². The lowest BCUT2D eigenvalue weighted by Gasteiger charge is -2.15. The van der Waals surface area contributed by atoms with Crippen LogP contribution in [0.25, 0.3) is 0 Å². The lowest BCUT2D eigenvalue weighted by Crippen LogP contribution is -2.16. The first-order chi connectivity index (χ1) is 7.52. The standard InChI is InChI=1S/C13H21F2N/c1-4-5-6-12(13(15)9-14)10(2)7-8-11(3)16/h4,6,9-11H,1,5,7-8,16H2,2-3H3/b12-6-,13-9-. The van der Waals surface area contributed by atoms with Crippen molar-refractivity contribution in [3.63, 3.8) is 0 Å². The summed E-state index contributed by atoms with van der Waals surface area (Å²) in [5.74, 6) is -0.822. The first-order valence-corrected chi connectivity index (χ1v) is 5.55. The van der Waals surface area contributed by atoms with Crippen molar-refractivity contribution in [3.8, 4) is 0 Å². The minimum Gasteiger partial charge on any atom is -0.328 e. The predicted octanol–water partition coefficient (Wildman–Crippen LogP) is 4.03. The molecule has 0 saturated carbocycles. The SMILES string of the molecule is C=CC/C=C(\C(F)=C\F)C(C)CCC(C)N. The summed E-state index contributed by atoms with van der Waals surface area (Å²) in [5.41, 5.74) is 6.04. The lowest BCUT2D eigenvalue weighted by molar-refractivity contribution is 0.500.